The number of ether oxygens (including phenoxy) is 1. The Bertz CT molecular complexity index is 651. The van der Waals surface area contributed by atoms with Gasteiger partial charge in [0.15, 0.2) is 6.71 Å². The second-order valence-electron chi connectivity index (χ2n) is 7.08. The Morgan fingerprint density at radius 3 is 2.35 bits per heavy atom. The van der Waals surface area contributed by atoms with Crippen LogP contribution < -0.4 is 10.2 Å². The molecule has 2 aliphatic rings. The van der Waals surface area contributed by atoms with Crippen LogP contribution in [0.4, 0.5) is 0 Å². The van der Waals surface area contributed by atoms with Crippen molar-refractivity contribution in [3.05, 3.63) is 42.6 Å². The zero-order valence-corrected chi connectivity index (χ0v) is 13.9. The van der Waals surface area contributed by atoms with Crippen LogP contribution in [0.25, 0.3) is 11.3 Å². The normalized spacial score (nSPS) is 23.6. The topological polar surface area (TPSA) is 22.1 Å². The van der Waals surface area contributed by atoms with Crippen LogP contribution >= 0.6 is 0 Å². The molecule has 0 aliphatic carbocycles. The fourth-order valence-corrected chi connectivity index (χ4v) is 4.88. The van der Waals surface area contributed by atoms with Crippen molar-refractivity contribution in [1.82, 2.24) is 4.98 Å². The molecule has 118 valence electrons. The third kappa shape index (κ3) is 2.78. The summed E-state index contributed by atoms with van der Waals surface area (Å²) in [6.07, 6.45) is 10.3. The largest absolute Gasteiger partial charge is 0.497 e. The predicted octanol–water partition coefficient (Wildman–Crippen LogP) is 4.57. The number of hydrogen-bond donors (Lipinski definition) is 0. The van der Waals surface area contributed by atoms with Crippen molar-refractivity contribution in [1.29, 1.82) is 0 Å². The van der Waals surface area contributed by atoms with Crippen molar-refractivity contribution in [2.45, 2.75) is 50.2 Å². The Hall–Kier alpha value is -1.77. The lowest BCUT2D eigenvalue weighted by atomic mass is 9.24. The first-order valence-corrected chi connectivity index (χ1v) is 8.96. The van der Waals surface area contributed by atoms with Gasteiger partial charge in [0.2, 0.25) is 0 Å². The Kier molecular flexibility index (Phi) is 4.11. The number of rotatable bonds is 3. The van der Waals surface area contributed by atoms with Crippen LogP contribution in [-0.2, 0) is 0 Å². The maximum Gasteiger partial charge on any atom is 0.183 e. The average Bonchev–Trinajstić information content (AvgIpc) is 2.61. The molecule has 0 radical (unpaired) electrons. The Morgan fingerprint density at radius 1 is 1.00 bits per heavy atom. The van der Waals surface area contributed by atoms with E-state index in [-0.39, 0.29) is 0 Å². The lowest BCUT2D eigenvalue weighted by Gasteiger charge is -2.41. The second kappa shape index (κ2) is 6.39. The SMILES string of the molecule is COc1ccc(-c2ccccn2)c(B2C3CCCC2CCC3)c1. The van der Waals surface area contributed by atoms with Crippen LogP contribution in [0, 0.1) is 0 Å². The number of aromatic nitrogens is 1. The molecule has 2 nitrogen and oxygen atoms in total. The molecule has 3 heteroatoms. The van der Waals surface area contributed by atoms with E-state index in [1.807, 2.05) is 12.3 Å². The summed E-state index contributed by atoms with van der Waals surface area (Å²) in [7, 11) is 1.77. The molecule has 2 fully saturated rings. The number of pyridine rings is 1. The van der Waals surface area contributed by atoms with Gasteiger partial charge in [-0.05, 0) is 35.9 Å². The third-order valence-electron chi connectivity index (χ3n) is 5.87. The quantitative estimate of drug-likeness (QED) is 0.775. The minimum absolute atomic E-state index is 0.685. The van der Waals surface area contributed by atoms with Crippen LogP contribution in [-0.4, -0.2) is 18.8 Å². The van der Waals surface area contributed by atoms with Crippen molar-refractivity contribution in [3.63, 3.8) is 0 Å². The van der Waals surface area contributed by atoms with Gasteiger partial charge in [-0.25, -0.2) is 0 Å². The van der Waals surface area contributed by atoms with E-state index < -0.39 is 0 Å². The van der Waals surface area contributed by atoms with Gasteiger partial charge in [0.25, 0.3) is 0 Å². The molecule has 0 unspecified atom stereocenters. The first kappa shape index (κ1) is 14.8. The minimum Gasteiger partial charge on any atom is -0.497 e. The standard InChI is InChI=1S/C20H24BNO/c1-23-17-11-12-18(20-10-2-3-13-22-20)19(14-17)21-15-6-4-7-16(21)9-5-8-15/h2-3,10-16H,4-9H2,1H3. The molecule has 1 aromatic heterocycles. The van der Waals surface area contributed by atoms with Crippen molar-refractivity contribution in [2.24, 2.45) is 0 Å². The van der Waals surface area contributed by atoms with Crippen molar-refractivity contribution in [3.8, 4) is 17.0 Å². The fraction of sp³-hybridized carbons (Fsp3) is 0.450. The van der Waals surface area contributed by atoms with E-state index in [4.69, 9.17) is 4.74 Å². The highest BCUT2D eigenvalue weighted by atomic mass is 16.5. The molecule has 0 saturated carbocycles. The summed E-state index contributed by atoms with van der Waals surface area (Å²) in [5.74, 6) is 2.66. The molecule has 2 bridgehead atoms. The Balaban J connectivity index is 1.82. The smallest absolute Gasteiger partial charge is 0.183 e. The van der Waals surface area contributed by atoms with Gasteiger partial charge in [0.05, 0.1) is 12.8 Å². The van der Waals surface area contributed by atoms with Gasteiger partial charge in [-0.1, -0.05) is 61.7 Å². The van der Waals surface area contributed by atoms with E-state index in [0.29, 0.717) is 6.71 Å². The Labute approximate surface area is 139 Å². The highest BCUT2D eigenvalue weighted by Crippen LogP contribution is 2.46. The molecule has 0 N–H and O–H groups in total. The molecular weight excluding hydrogens is 281 g/mol. The zero-order valence-electron chi connectivity index (χ0n) is 13.9. The average molecular weight is 305 g/mol. The molecule has 0 atom stereocenters. The van der Waals surface area contributed by atoms with Crippen molar-refractivity contribution in [2.75, 3.05) is 7.11 Å². The van der Waals surface area contributed by atoms with Crippen LogP contribution in [0.15, 0.2) is 42.6 Å². The molecule has 3 heterocycles. The van der Waals surface area contributed by atoms with Crippen LogP contribution in [0.3, 0.4) is 0 Å². The van der Waals surface area contributed by atoms with E-state index >= 15 is 0 Å². The van der Waals surface area contributed by atoms with E-state index in [1.54, 1.807) is 7.11 Å². The van der Waals surface area contributed by atoms with Gasteiger partial charge in [0, 0.05) is 6.20 Å². The molecule has 2 aliphatic heterocycles. The summed E-state index contributed by atoms with van der Waals surface area (Å²) >= 11 is 0. The van der Waals surface area contributed by atoms with Crippen LogP contribution in [0.5, 0.6) is 5.75 Å². The lowest BCUT2D eigenvalue weighted by molar-refractivity contribution is 0.415. The molecule has 23 heavy (non-hydrogen) atoms. The van der Waals surface area contributed by atoms with E-state index in [0.717, 1.165) is 23.1 Å². The summed E-state index contributed by atoms with van der Waals surface area (Å²) in [4.78, 5) is 4.61. The molecule has 0 spiro atoms. The second-order valence-corrected chi connectivity index (χ2v) is 7.08. The van der Waals surface area contributed by atoms with Gasteiger partial charge >= 0.3 is 0 Å². The molecule has 2 saturated heterocycles. The maximum atomic E-state index is 5.54. The summed E-state index contributed by atoms with van der Waals surface area (Å²) < 4.78 is 5.54. The number of nitrogens with zero attached hydrogens (tertiary/aromatic N) is 1. The maximum absolute atomic E-state index is 5.54. The molecule has 4 rings (SSSR count). The number of benzene rings is 1. The van der Waals surface area contributed by atoms with Gasteiger partial charge in [-0.15, -0.1) is 0 Å². The summed E-state index contributed by atoms with van der Waals surface area (Å²) in [6.45, 7) is 0.685. The zero-order chi connectivity index (χ0) is 15.6. The molecule has 0 amide bonds. The van der Waals surface area contributed by atoms with Crippen molar-refractivity contribution < 1.29 is 4.74 Å². The highest BCUT2D eigenvalue weighted by molar-refractivity contribution is 6.77. The van der Waals surface area contributed by atoms with Crippen LogP contribution in [0.1, 0.15) is 38.5 Å². The summed E-state index contributed by atoms with van der Waals surface area (Å²) in [5, 5.41) is 0. The first-order chi connectivity index (χ1) is 11.4. The number of hydrogen-bond acceptors (Lipinski definition) is 2. The van der Waals surface area contributed by atoms with Gasteiger partial charge < -0.3 is 4.74 Å². The summed E-state index contributed by atoms with van der Waals surface area (Å²) in [6, 6.07) is 12.8. The van der Waals surface area contributed by atoms with Crippen molar-refractivity contribution >= 4 is 12.2 Å². The summed E-state index contributed by atoms with van der Waals surface area (Å²) in [5.41, 5.74) is 3.86. The first-order valence-electron chi connectivity index (χ1n) is 8.96. The molecule has 1 aromatic carbocycles. The third-order valence-corrected chi connectivity index (χ3v) is 5.87. The van der Waals surface area contributed by atoms with Gasteiger partial charge in [0.1, 0.15) is 5.75 Å². The predicted molar refractivity (Wildman–Crippen MR) is 96.8 cm³/mol. The fourth-order valence-electron chi connectivity index (χ4n) is 4.88. The van der Waals surface area contributed by atoms with E-state index in [2.05, 4.69) is 35.3 Å². The van der Waals surface area contributed by atoms with Gasteiger partial charge in [-0.3, -0.25) is 4.98 Å². The molecular formula is C20H24BNO. The molecule has 2 aromatic rings. The number of fused-ring (bicyclic) bond motifs is 2. The number of methoxy groups -OCH3 is 1. The monoisotopic (exact) mass is 305 g/mol. The lowest BCUT2D eigenvalue weighted by Crippen LogP contribution is -2.45. The van der Waals surface area contributed by atoms with Crippen LogP contribution in [0.2, 0.25) is 11.6 Å². The Morgan fingerprint density at radius 2 is 1.74 bits per heavy atom. The minimum atomic E-state index is 0.685. The van der Waals surface area contributed by atoms with E-state index in [1.165, 1.54) is 49.6 Å². The van der Waals surface area contributed by atoms with Gasteiger partial charge in [-0.2, -0.15) is 0 Å². The highest BCUT2D eigenvalue weighted by Gasteiger charge is 2.41. The van der Waals surface area contributed by atoms with E-state index in [9.17, 15) is 0 Å².